The third-order valence-electron chi connectivity index (χ3n) is 3.53. The quantitative estimate of drug-likeness (QED) is 0.862. The molecule has 0 amide bonds. The minimum absolute atomic E-state index is 0.150. The van der Waals surface area contributed by atoms with E-state index >= 15 is 0 Å². The number of hydrogen-bond donors (Lipinski definition) is 2. The van der Waals surface area contributed by atoms with E-state index in [4.69, 9.17) is 4.74 Å². The van der Waals surface area contributed by atoms with Gasteiger partial charge in [-0.05, 0) is 26.3 Å². The van der Waals surface area contributed by atoms with E-state index in [0.717, 1.165) is 18.6 Å². The largest absolute Gasteiger partial charge is 0.487 e. The van der Waals surface area contributed by atoms with Crippen LogP contribution in [-0.4, -0.2) is 23.4 Å². The van der Waals surface area contributed by atoms with Gasteiger partial charge in [0.15, 0.2) is 0 Å². The molecule has 0 aliphatic carbocycles. The van der Waals surface area contributed by atoms with Crippen LogP contribution in [0.2, 0.25) is 0 Å². The van der Waals surface area contributed by atoms with Crippen molar-refractivity contribution >= 4 is 0 Å². The molecule has 1 aliphatic heterocycles. The number of para-hydroxylation sites is 1. The van der Waals surface area contributed by atoms with Crippen LogP contribution < -0.4 is 10.1 Å². The van der Waals surface area contributed by atoms with E-state index in [-0.39, 0.29) is 24.3 Å². The number of aliphatic hydroxyl groups is 1. The van der Waals surface area contributed by atoms with Crippen LogP contribution in [0.3, 0.4) is 0 Å². The fraction of sp³-hybridized carbons (Fsp3) is 0.600. The second-order valence-corrected chi connectivity index (χ2v) is 5.61. The van der Waals surface area contributed by atoms with Gasteiger partial charge in [-0.2, -0.15) is 0 Å². The van der Waals surface area contributed by atoms with Gasteiger partial charge >= 0.3 is 0 Å². The molecule has 2 atom stereocenters. The maximum atomic E-state index is 9.34. The first-order valence-corrected chi connectivity index (χ1v) is 6.70. The summed E-state index contributed by atoms with van der Waals surface area (Å²) in [6.45, 7) is 6.48. The first kappa shape index (κ1) is 13.4. The Hall–Kier alpha value is -1.06. The number of hydrogen-bond acceptors (Lipinski definition) is 3. The molecule has 0 fully saturated rings. The molecule has 1 aromatic rings. The highest BCUT2D eigenvalue weighted by atomic mass is 16.5. The summed E-state index contributed by atoms with van der Waals surface area (Å²) >= 11 is 0. The Morgan fingerprint density at radius 3 is 2.83 bits per heavy atom. The van der Waals surface area contributed by atoms with E-state index < -0.39 is 0 Å². The molecule has 3 heteroatoms. The molecule has 3 nitrogen and oxygen atoms in total. The smallest absolute Gasteiger partial charge is 0.124 e. The van der Waals surface area contributed by atoms with Gasteiger partial charge < -0.3 is 15.2 Å². The van der Waals surface area contributed by atoms with Crippen molar-refractivity contribution in [2.24, 2.45) is 0 Å². The van der Waals surface area contributed by atoms with Crippen molar-refractivity contribution in [3.05, 3.63) is 29.8 Å². The zero-order chi connectivity index (χ0) is 13.2. The first-order chi connectivity index (χ1) is 8.55. The molecule has 100 valence electrons. The van der Waals surface area contributed by atoms with E-state index in [1.54, 1.807) is 0 Å². The molecule has 1 heterocycles. The fourth-order valence-corrected chi connectivity index (χ4v) is 2.54. The summed E-state index contributed by atoms with van der Waals surface area (Å²) in [5.74, 6) is 0.957. The van der Waals surface area contributed by atoms with Crippen LogP contribution in [0.15, 0.2) is 24.3 Å². The highest BCUT2D eigenvalue weighted by Crippen LogP contribution is 2.39. The van der Waals surface area contributed by atoms with Crippen molar-refractivity contribution in [1.82, 2.24) is 5.32 Å². The third-order valence-corrected chi connectivity index (χ3v) is 3.53. The van der Waals surface area contributed by atoms with Crippen molar-refractivity contribution in [3.8, 4) is 5.75 Å². The molecule has 2 rings (SSSR count). The zero-order valence-electron chi connectivity index (χ0n) is 11.4. The van der Waals surface area contributed by atoms with Crippen LogP contribution in [0.25, 0.3) is 0 Å². The third kappa shape index (κ3) is 2.85. The fourth-order valence-electron chi connectivity index (χ4n) is 2.54. The van der Waals surface area contributed by atoms with Gasteiger partial charge in [0.25, 0.3) is 0 Å². The van der Waals surface area contributed by atoms with E-state index in [9.17, 15) is 5.11 Å². The predicted octanol–water partition coefficient (Wildman–Crippen LogP) is 2.65. The number of ether oxygens (including phenoxy) is 1. The summed E-state index contributed by atoms with van der Waals surface area (Å²) in [4.78, 5) is 0. The number of benzene rings is 1. The number of aliphatic hydroxyl groups excluding tert-OH is 1. The molecule has 0 saturated heterocycles. The molecule has 0 radical (unpaired) electrons. The summed E-state index contributed by atoms with van der Waals surface area (Å²) < 4.78 is 6.00. The summed E-state index contributed by atoms with van der Waals surface area (Å²) in [6, 6.07) is 8.56. The van der Waals surface area contributed by atoms with Gasteiger partial charge in [0.1, 0.15) is 11.4 Å². The Labute approximate surface area is 109 Å². The second kappa shape index (κ2) is 5.29. The van der Waals surface area contributed by atoms with Gasteiger partial charge in [-0.25, -0.2) is 0 Å². The summed E-state index contributed by atoms with van der Waals surface area (Å²) in [5, 5.41) is 12.9. The minimum atomic E-state index is -0.167. The lowest BCUT2D eigenvalue weighted by Crippen LogP contribution is -2.43. The van der Waals surface area contributed by atoms with Crippen LogP contribution in [0.1, 0.15) is 45.2 Å². The highest BCUT2D eigenvalue weighted by molar-refractivity contribution is 5.38. The zero-order valence-corrected chi connectivity index (χ0v) is 11.4. The lowest BCUT2D eigenvalue weighted by molar-refractivity contribution is 0.0609. The van der Waals surface area contributed by atoms with Crippen molar-refractivity contribution in [3.63, 3.8) is 0 Å². The molecule has 18 heavy (non-hydrogen) atoms. The topological polar surface area (TPSA) is 41.5 Å². The lowest BCUT2D eigenvalue weighted by atomic mass is 9.89. The van der Waals surface area contributed by atoms with Gasteiger partial charge in [-0.1, -0.05) is 25.1 Å². The van der Waals surface area contributed by atoms with E-state index in [1.807, 2.05) is 18.2 Å². The average Bonchev–Trinajstić information content (AvgIpc) is 2.34. The van der Waals surface area contributed by atoms with E-state index in [2.05, 4.69) is 32.2 Å². The van der Waals surface area contributed by atoms with Gasteiger partial charge in [-0.15, -0.1) is 0 Å². The van der Waals surface area contributed by atoms with E-state index in [1.165, 1.54) is 5.56 Å². The molecular weight excluding hydrogens is 226 g/mol. The number of rotatable bonds is 4. The van der Waals surface area contributed by atoms with Gasteiger partial charge in [0.05, 0.1) is 6.61 Å². The van der Waals surface area contributed by atoms with Gasteiger partial charge in [0, 0.05) is 24.1 Å². The standard InChI is InChI=1S/C15H23NO2/c1-4-11(10-17)16-13-9-15(2,3)18-14-8-6-5-7-12(13)14/h5-8,11,13,16-17H,4,9-10H2,1-3H3/t11-,13?/m1/s1. The minimum Gasteiger partial charge on any atom is -0.487 e. The maximum Gasteiger partial charge on any atom is 0.124 e. The Morgan fingerprint density at radius 1 is 1.44 bits per heavy atom. The maximum absolute atomic E-state index is 9.34. The number of nitrogens with one attached hydrogen (secondary N) is 1. The van der Waals surface area contributed by atoms with Gasteiger partial charge in [-0.3, -0.25) is 0 Å². The molecule has 0 saturated carbocycles. The Morgan fingerprint density at radius 2 is 2.17 bits per heavy atom. The van der Waals surface area contributed by atoms with Gasteiger partial charge in [0.2, 0.25) is 0 Å². The normalized spacial score (nSPS) is 23.0. The molecule has 0 bridgehead atoms. The Kier molecular flexibility index (Phi) is 3.93. The van der Waals surface area contributed by atoms with Crippen LogP contribution in [0, 0.1) is 0 Å². The van der Waals surface area contributed by atoms with E-state index in [0.29, 0.717) is 0 Å². The van der Waals surface area contributed by atoms with Crippen LogP contribution in [0.4, 0.5) is 0 Å². The van der Waals surface area contributed by atoms with Crippen LogP contribution in [-0.2, 0) is 0 Å². The molecule has 0 spiro atoms. The van der Waals surface area contributed by atoms with Crippen molar-refractivity contribution < 1.29 is 9.84 Å². The summed E-state index contributed by atoms with van der Waals surface area (Å²) in [5.41, 5.74) is 1.03. The molecule has 0 aromatic heterocycles. The van der Waals surface area contributed by atoms with Crippen molar-refractivity contribution in [1.29, 1.82) is 0 Å². The summed E-state index contributed by atoms with van der Waals surface area (Å²) in [6.07, 6.45) is 1.84. The lowest BCUT2D eigenvalue weighted by Gasteiger charge is -2.39. The molecule has 1 unspecified atom stereocenters. The second-order valence-electron chi connectivity index (χ2n) is 5.61. The molecule has 2 N–H and O–H groups in total. The first-order valence-electron chi connectivity index (χ1n) is 6.70. The van der Waals surface area contributed by atoms with Crippen molar-refractivity contribution in [2.45, 2.75) is 51.3 Å². The SMILES string of the molecule is CC[C@H](CO)NC1CC(C)(C)Oc2ccccc21. The molecule has 1 aromatic carbocycles. The average molecular weight is 249 g/mol. The molecule has 1 aliphatic rings. The molecular formula is C15H23NO2. The Bertz CT molecular complexity index is 399. The Balaban J connectivity index is 2.24. The number of fused-ring (bicyclic) bond motifs is 1. The predicted molar refractivity (Wildman–Crippen MR) is 72.8 cm³/mol. The van der Waals surface area contributed by atoms with Crippen molar-refractivity contribution in [2.75, 3.05) is 6.61 Å². The van der Waals surface area contributed by atoms with Crippen LogP contribution >= 0.6 is 0 Å². The highest BCUT2D eigenvalue weighted by Gasteiger charge is 2.34. The van der Waals surface area contributed by atoms with Crippen LogP contribution in [0.5, 0.6) is 5.75 Å². The summed E-state index contributed by atoms with van der Waals surface area (Å²) in [7, 11) is 0. The monoisotopic (exact) mass is 249 g/mol.